The van der Waals surface area contributed by atoms with Crippen LogP contribution in [-0.4, -0.2) is 75.3 Å². The molecule has 1 aliphatic rings. The van der Waals surface area contributed by atoms with Crippen LogP contribution in [0.4, 0.5) is 0 Å². The van der Waals surface area contributed by atoms with E-state index in [1.807, 2.05) is 4.90 Å². The molecule has 0 radical (unpaired) electrons. The van der Waals surface area contributed by atoms with E-state index >= 15 is 0 Å². The lowest BCUT2D eigenvalue weighted by molar-refractivity contribution is 0.0653. The molecule has 3 heterocycles. The first-order valence-electron chi connectivity index (χ1n) is 8.63. The number of hydrogen-bond donors (Lipinski definition) is 2. The molecule has 2 N–H and O–H groups in total. The Balaban J connectivity index is 1.54. The molecule has 10 nitrogen and oxygen atoms in total. The summed E-state index contributed by atoms with van der Waals surface area (Å²) in [5, 5.41) is 17.2. The van der Waals surface area contributed by atoms with E-state index in [0.717, 1.165) is 19.4 Å². The molecule has 0 saturated carbocycles. The zero-order valence-electron chi connectivity index (χ0n) is 14.7. The molecule has 0 bridgehead atoms. The van der Waals surface area contributed by atoms with Gasteiger partial charge in [-0.15, -0.1) is 5.10 Å². The monoisotopic (exact) mass is 361 g/mol. The van der Waals surface area contributed by atoms with Gasteiger partial charge in [-0.1, -0.05) is 5.21 Å². The van der Waals surface area contributed by atoms with E-state index in [-0.39, 0.29) is 23.4 Å². The molecule has 0 spiro atoms. The van der Waals surface area contributed by atoms with Gasteiger partial charge in [-0.3, -0.25) is 19.4 Å². The molecular formula is C16H23N7O3. The maximum Gasteiger partial charge on any atom is 0.273 e. The Labute approximate surface area is 150 Å². The molecule has 140 valence electrons. The average molecular weight is 361 g/mol. The molecule has 2 amide bonds. The van der Waals surface area contributed by atoms with Gasteiger partial charge < -0.3 is 15.0 Å². The molecule has 3 rings (SSSR count). The van der Waals surface area contributed by atoms with Gasteiger partial charge in [0.25, 0.3) is 11.8 Å². The van der Waals surface area contributed by atoms with Gasteiger partial charge in [0.1, 0.15) is 5.69 Å². The van der Waals surface area contributed by atoms with Gasteiger partial charge >= 0.3 is 0 Å². The fourth-order valence-corrected chi connectivity index (χ4v) is 3.06. The normalized spacial score (nSPS) is 17.3. The Morgan fingerprint density at radius 2 is 2.35 bits per heavy atom. The number of carbonyl (C=O) groups is 2. The third kappa shape index (κ3) is 4.45. The zero-order chi connectivity index (χ0) is 18.4. The second kappa shape index (κ2) is 8.56. The van der Waals surface area contributed by atoms with Gasteiger partial charge in [0.05, 0.1) is 12.8 Å². The smallest absolute Gasteiger partial charge is 0.273 e. The Kier molecular flexibility index (Phi) is 5.95. The SMILES string of the molecule is COCCNC(=O)c1cn(C[C@@H]2CCCN(C(=O)c3ccn[nH]3)C2)nn1. The number of H-pyrrole nitrogens is 1. The molecule has 2 aromatic heterocycles. The fraction of sp³-hybridized carbons (Fsp3) is 0.562. The minimum atomic E-state index is -0.270. The highest BCUT2D eigenvalue weighted by atomic mass is 16.5. The van der Waals surface area contributed by atoms with Gasteiger partial charge in [0.15, 0.2) is 5.69 Å². The zero-order valence-corrected chi connectivity index (χ0v) is 14.7. The summed E-state index contributed by atoms with van der Waals surface area (Å²) in [7, 11) is 1.58. The quantitative estimate of drug-likeness (QED) is 0.667. The second-order valence-corrected chi connectivity index (χ2v) is 6.30. The van der Waals surface area contributed by atoms with Crippen molar-refractivity contribution in [1.82, 2.24) is 35.4 Å². The minimum absolute atomic E-state index is 0.0380. The van der Waals surface area contributed by atoms with Crippen LogP contribution in [0.3, 0.4) is 0 Å². The van der Waals surface area contributed by atoms with Crippen molar-refractivity contribution in [1.29, 1.82) is 0 Å². The summed E-state index contributed by atoms with van der Waals surface area (Å²) in [6.45, 7) is 2.87. The van der Waals surface area contributed by atoms with Gasteiger partial charge in [0, 0.05) is 39.5 Å². The number of nitrogens with zero attached hydrogens (tertiary/aromatic N) is 5. The van der Waals surface area contributed by atoms with Crippen LogP contribution in [0.5, 0.6) is 0 Å². The van der Waals surface area contributed by atoms with Crippen LogP contribution in [0, 0.1) is 5.92 Å². The van der Waals surface area contributed by atoms with Crippen molar-refractivity contribution in [2.75, 3.05) is 33.4 Å². The Bertz CT molecular complexity index is 728. The number of methoxy groups -OCH3 is 1. The fourth-order valence-electron chi connectivity index (χ4n) is 3.06. The summed E-state index contributed by atoms with van der Waals surface area (Å²) in [5.41, 5.74) is 0.781. The van der Waals surface area contributed by atoms with Crippen molar-refractivity contribution in [3.63, 3.8) is 0 Å². The maximum atomic E-state index is 12.4. The number of hydrogen-bond acceptors (Lipinski definition) is 6. The number of ether oxygens (including phenoxy) is 1. The number of piperidine rings is 1. The Morgan fingerprint density at radius 3 is 3.12 bits per heavy atom. The van der Waals surface area contributed by atoms with Crippen LogP contribution < -0.4 is 5.32 Å². The maximum absolute atomic E-state index is 12.4. The van der Waals surface area contributed by atoms with Gasteiger partial charge in [-0.2, -0.15) is 5.10 Å². The Morgan fingerprint density at radius 1 is 1.46 bits per heavy atom. The van der Waals surface area contributed by atoms with Crippen molar-refractivity contribution in [2.45, 2.75) is 19.4 Å². The number of aromatic nitrogens is 5. The minimum Gasteiger partial charge on any atom is -0.383 e. The highest BCUT2D eigenvalue weighted by molar-refractivity contribution is 5.92. The predicted octanol–water partition coefficient (Wildman–Crippen LogP) is -0.0702. The van der Waals surface area contributed by atoms with Crippen molar-refractivity contribution in [2.24, 2.45) is 5.92 Å². The van der Waals surface area contributed by atoms with Crippen molar-refractivity contribution >= 4 is 11.8 Å². The summed E-state index contributed by atoms with van der Waals surface area (Å²) in [5.74, 6) is -0.0429. The van der Waals surface area contributed by atoms with Crippen LogP contribution in [0.25, 0.3) is 0 Å². The number of nitrogens with one attached hydrogen (secondary N) is 2. The average Bonchev–Trinajstić information content (AvgIpc) is 3.33. The molecule has 1 fully saturated rings. The highest BCUT2D eigenvalue weighted by Crippen LogP contribution is 2.19. The standard InChI is InChI=1S/C16H23N7O3/c1-26-8-6-17-15(24)14-11-23(21-20-14)10-12-3-2-7-22(9-12)16(25)13-4-5-18-19-13/h4-5,11-12H,2-3,6-10H2,1H3,(H,17,24)(H,18,19)/t12-/m1/s1. The summed E-state index contributed by atoms with van der Waals surface area (Å²) in [6.07, 6.45) is 5.15. The molecule has 1 saturated heterocycles. The summed E-state index contributed by atoms with van der Waals surface area (Å²) >= 11 is 0. The van der Waals surface area contributed by atoms with Gasteiger partial charge in [-0.25, -0.2) is 0 Å². The van der Waals surface area contributed by atoms with E-state index in [1.54, 1.807) is 30.3 Å². The molecule has 10 heteroatoms. The molecule has 1 aliphatic heterocycles. The number of amides is 2. The van der Waals surface area contributed by atoms with Crippen LogP contribution in [-0.2, 0) is 11.3 Å². The van der Waals surface area contributed by atoms with E-state index in [0.29, 0.717) is 31.9 Å². The molecule has 0 unspecified atom stereocenters. The number of likely N-dealkylation sites (tertiary alicyclic amines) is 1. The van der Waals surface area contributed by atoms with Gasteiger partial charge in [-0.05, 0) is 24.8 Å². The van der Waals surface area contributed by atoms with Crippen molar-refractivity contribution in [3.8, 4) is 0 Å². The molecule has 1 atom stereocenters. The highest BCUT2D eigenvalue weighted by Gasteiger charge is 2.26. The first-order chi connectivity index (χ1) is 12.7. The third-order valence-corrected chi connectivity index (χ3v) is 4.35. The second-order valence-electron chi connectivity index (χ2n) is 6.30. The van der Waals surface area contributed by atoms with E-state index in [9.17, 15) is 9.59 Å². The first kappa shape index (κ1) is 18.1. The number of rotatable bonds is 7. The van der Waals surface area contributed by atoms with Crippen LogP contribution in [0.1, 0.15) is 33.8 Å². The molecule has 2 aromatic rings. The number of aromatic amines is 1. The van der Waals surface area contributed by atoms with E-state index in [2.05, 4.69) is 25.8 Å². The van der Waals surface area contributed by atoms with E-state index in [1.165, 1.54) is 0 Å². The lowest BCUT2D eigenvalue weighted by Crippen LogP contribution is -2.41. The topological polar surface area (TPSA) is 118 Å². The molecule has 26 heavy (non-hydrogen) atoms. The summed E-state index contributed by atoms with van der Waals surface area (Å²) < 4.78 is 6.56. The largest absolute Gasteiger partial charge is 0.383 e. The van der Waals surface area contributed by atoms with E-state index < -0.39 is 0 Å². The van der Waals surface area contributed by atoms with Crippen LogP contribution in [0.15, 0.2) is 18.5 Å². The molecule has 0 aromatic carbocycles. The summed E-state index contributed by atoms with van der Waals surface area (Å²) in [4.78, 5) is 26.2. The lowest BCUT2D eigenvalue weighted by atomic mass is 9.98. The Hall–Kier alpha value is -2.75. The molecular weight excluding hydrogens is 338 g/mol. The van der Waals surface area contributed by atoms with E-state index in [4.69, 9.17) is 4.74 Å². The first-order valence-corrected chi connectivity index (χ1v) is 8.63. The summed E-state index contributed by atoms with van der Waals surface area (Å²) in [6, 6.07) is 1.68. The third-order valence-electron chi connectivity index (χ3n) is 4.35. The lowest BCUT2D eigenvalue weighted by Gasteiger charge is -2.32. The number of carbonyl (C=O) groups excluding carboxylic acids is 2. The van der Waals surface area contributed by atoms with Gasteiger partial charge in [0.2, 0.25) is 0 Å². The van der Waals surface area contributed by atoms with Crippen LogP contribution >= 0.6 is 0 Å². The van der Waals surface area contributed by atoms with Crippen molar-refractivity contribution in [3.05, 3.63) is 29.8 Å². The molecule has 0 aliphatic carbocycles. The predicted molar refractivity (Wildman–Crippen MR) is 91.4 cm³/mol. The van der Waals surface area contributed by atoms with Crippen molar-refractivity contribution < 1.29 is 14.3 Å². The van der Waals surface area contributed by atoms with Crippen LogP contribution in [0.2, 0.25) is 0 Å².